The molecule has 1 rings (SSSR count). The van der Waals surface area contributed by atoms with Crippen LogP contribution in [0.3, 0.4) is 0 Å². The molecule has 4 nitrogen and oxygen atoms in total. The van der Waals surface area contributed by atoms with Crippen molar-refractivity contribution in [2.45, 2.75) is 12.8 Å². The molecule has 1 aromatic rings. The van der Waals surface area contributed by atoms with Gasteiger partial charge in [-0.25, -0.2) is 0 Å². The fourth-order valence-electron chi connectivity index (χ4n) is 1.12. The predicted octanol–water partition coefficient (Wildman–Crippen LogP) is 0.389. The van der Waals surface area contributed by atoms with Gasteiger partial charge in [0.15, 0.2) is 0 Å². The van der Waals surface area contributed by atoms with Crippen LogP contribution < -0.4 is 11.5 Å². The molecule has 0 spiro atoms. The van der Waals surface area contributed by atoms with Gasteiger partial charge < -0.3 is 11.5 Å². The molecule has 0 saturated heterocycles. The minimum atomic E-state index is -0.305. The van der Waals surface area contributed by atoms with E-state index in [1.807, 2.05) is 12.1 Å². The molecule has 0 aliphatic heterocycles. The van der Waals surface area contributed by atoms with Gasteiger partial charge in [0.2, 0.25) is 5.91 Å². The van der Waals surface area contributed by atoms with Gasteiger partial charge in [0, 0.05) is 12.0 Å². The molecule has 0 radical (unpaired) electrons. The maximum absolute atomic E-state index is 10.5. The average molecular weight is 191 g/mol. The number of hydrogen-bond acceptors (Lipinski definition) is 2. The molecule has 1 aromatic carbocycles. The molecule has 0 fully saturated rings. The Labute approximate surface area is 82.4 Å². The van der Waals surface area contributed by atoms with E-state index in [0.29, 0.717) is 18.4 Å². The van der Waals surface area contributed by atoms with Gasteiger partial charge in [-0.1, -0.05) is 24.3 Å². The summed E-state index contributed by atoms with van der Waals surface area (Å²) in [7, 11) is 0. The van der Waals surface area contributed by atoms with Crippen LogP contribution >= 0.6 is 0 Å². The van der Waals surface area contributed by atoms with Crippen LogP contribution in [0, 0.1) is 5.41 Å². The lowest BCUT2D eigenvalue weighted by atomic mass is 10.1. The lowest BCUT2D eigenvalue weighted by Gasteiger charge is -2.01. The van der Waals surface area contributed by atoms with Crippen molar-refractivity contribution in [2.75, 3.05) is 0 Å². The second kappa shape index (κ2) is 4.41. The van der Waals surface area contributed by atoms with E-state index in [0.717, 1.165) is 5.56 Å². The first-order valence-corrected chi connectivity index (χ1v) is 4.31. The van der Waals surface area contributed by atoms with E-state index in [1.165, 1.54) is 0 Å². The van der Waals surface area contributed by atoms with E-state index in [-0.39, 0.29) is 11.7 Å². The summed E-state index contributed by atoms with van der Waals surface area (Å²) in [6.45, 7) is 0. The Balaban J connectivity index is 2.64. The highest BCUT2D eigenvalue weighted by atomic mass is 16.1. The molecule has 1 amide bonds. The number of nitrogens with two attached hydrogens (primary N) is 2. The number of nitrogen functional groups attached to an aromatic ring is 1. The molecule has 14 heavy (non-hydrogen) atoms. The summed E-state index contributed by atoms with van der Waals surface area (Å²) in [5.41, 5.74) is 12.0. The Morgan fingerprint density at radius 3 is 2.21 bits per heavy atom. The summed E-state index contributed by atoms with van der Waals surface area (Å²) in [6, 6.07) is 7.22. The molecule has 0 unspecified atom stereocenters. The van der Waals surface area contributed by atoms with Crippen molar-refractivity contribution in [3.8, 4) is 0 Å². The van der Waals surface area contributed by atoms with Gasteiger partial charge >= 0.3 is 0 Å². The molecule has 0 aromatic heterocycles. The molecular formula is C10H13N3O. The van der Waals surface area contributed by atoms with Gasteiger partial charge in [-0.3, -0.25) is 10.2 Å². The predicted molar refractivity (Wildman–Crippen MR) is 55.0 cm³/mol. The van der Waals surface area contributed by atoms with E-state index in [1.54, 1.807) is 12.1 Å². The first kappa shape index (κ1) is 10.2. The molecule has 0 heterocycles. The van der Waals surface area contributed by atoms with Crippen LogP contribution in [0.1, 0.15) is 17.5 Å². The molecule has 5 N–H and O–H groups in total. The monoisotopic (exact) mass is 191 g/mol. The van der Waals surface area contributed by atoms with Gasteiger partial charge in [0.05, 0.1) is 0 Å². The lowest BCUT2D eigenvalue weighted by Crippen LogP contribution is -2.12. The molecule has 0 atom stereocenters. The third-order valence-electron chi connectivity index (χ3n) is 1.93. The Hall–Kier alpha value is -1.84. The standard InChI is InChI=1S/C10H13N3O/c11-9(14)6-3-7-1-4-8(5-2-7)10(12)13/h1-2,4-5H,3,6H2,(H2,11,14)(H3,12,13). The summed E-state index contributed by atoms with van der Waals surface area (Å²) in [6.07, 6.45) is 0.979. The molecule has 4 heteroatoms. The van der Waals surface area contributed by atoms with Crippen molar-refractivity contribution in [3.63, 3.8) is 0 Å². The van der Waals surface area contributed by atoms with Crippen LogP contribution in [-0.2, 0) is 11.2 Å². The maximum atomic E-state index is 10.5. The number of primary amides is 1. The average Bonchev–Trinajstić information content (AvgIpc) is 2.15. The number of benzene rings is 1. The quantitative estimate of drug-likeness (QED) is 0.474. The minimum absolute atomic E-state index is 0.0476. The first-order chi connectivity index (χ1) is 6.59. The topological polar surface area (TPSA) is 93.0 Å². The number of amidine groups is 1. The van der Waals surface area contributed by atoms with Crippen LogP contribution in [0.2, 0.25) is 0 Å². The van der Waals surface area contributed by atoms with Crippen LogP contribution in [0.25, 0.3) is 0 Å². The zero-order valence-electron chi connectivity index (χ0n) is 7.79. The van der Waals surface area contributed by atoms with Crippen molar-refractivity contribution in [2.24, 2.45) is 11.5 Å². The minimum Gasteiger partial charge on any atom is -0.384 e. The van der Waals surface area contributed by atoms with Crippen molar-refractivity contribution < 1.29 is 4.79 Å². The summed E-state index contributed by atoms with van der Waals surface area (Å²) in [5, 5.41) is 7.18. The number of hydrogen-bond donors (Lipinski definition) is 3. The number of carbonyl (C=O) groups is 1. The van der Waals surface area contributed by atoms with Gasteiger partial charge in [0.1, 0.15) is 5.84 Å². The zero-order chi connectivity index (χ0) is 10.6. The fourth-order valence-corrected chi connectivity index (χ4v) is 1.12. The molecule has 0 saturated carbocycles. The first-order valence-electron chi connectivity index (χ1n) is 4.31. The highest BCUT2D eigenvalue weighted by molar-refractivity contribution is 5.94. The third-order valence-corrected chi connectivity index (χ3v) is 1.93. The summed E-state index contributed by atoms with van der Waals surface area (Å²) >= 11 is 0. The Bertz CT molecular complexity index is 343. The number of nitrogens with one attached hydrogen (secondary N) is 1. The third kappa shape index (κ3) is 2.90. The zero-order valence-corrected chi connectivity index (χ0v) is 7.79. The van der Waals surface area contributed by atoms with Crippen molar-refractivity contribution in [1.82, 2.24) is 0 Å². The van der Waals surface area contributed by atoms with Crippen molar-refractivity contribution in [1.29, 1.82) is 5.41 Å². The van der Waals surface area contributed by atoms with Gasteiger partial charge in [-0.15, -0.1) is 0 Å². The number of rotatable bonds is 4. The molecule has 0 aliphatic rings. The summed E-state index contributed by atoms with van der Waals surface area (Å²) in [4.78, 5) is 10.5. The van der Waals surface area contributed by atoms with Crippen molar-refractivity contribution in [3.05, 3.63) is 35.4 Å². The number of carbonyl (C=O) groups excluding carboxylic acids is 1. The fraction of sp³-hybridized carbons (Fsp3) is 0.200. The summed E-state index contributed by atoms with van der Waals surface area (Å²) in [5.74, 6) is -0.257. The maximum Gasteiger partial charge on any atom is 0.217 e. The molecule has 74 valence electrons. The highest BCUT2D eigenvalue weighted by Gasteiger charge is 1.99. The SMILES string of the molecule is N=C(N)c1ccc(CCC(N)=O)cc1. The molecular weight excluding hydrogens is 178 g/mol. The van der Waals surface area contributed by atoms with E-state index in [9.17, 15) is 4.79 Å². The van der Waals surface area contributed by atoms with Crippen molar-refractivity contribution >= 4 is 11.7 Å². The van der Waals surface area contributed by atoms with Crippen LogP contribution in [0.5, 0.6) is 0 Å². The summed E-state index contributed by atoms with van der Waals surface area (Å²) < 4.78 is 0. The Morgan fingerprint density at radius 1 is 1.21 bits per heavy atom. The second-order valence-corrected chi connectivity index (χ2v) is 3.08. The number of aryl methyl sites for hydroxylation is 1. The Morgan fingerprint density at radius 2 is 1.79 bits per heavy atom. The van der Waals surface area contributed by atoms with E-state index < -0.39 is 0 Å². The van der Waals surface area contributed by atoms with Gasteiger partial charge in [-0.05, 0) is 12.0 Å². The van der Waals surface area contributed by atoms with Crippen LogP contribution in [-0.4, -0.2) is 11.7 Å². The Kier molecular flexibility index (Phi) is 3.23. The van der Waals surface area contributed by atoms with E-state index in [2.05, 4.69) is 0 Å². The van der Waals surface area contributed by atoms with E-state index in [4.69, 9.17) is 16.9 Å². The number of amides is 1. The molecule has 0 aliphatic carbocycles. The smallest absolute Gasteiger partial charge is 0.217 e. The van der Waals surface area contributed by atoms with Gasteiger partial charge in [0.25, 0.3) is 0 Å². The van der Waals surface area contributed by atoms with Gasteiger partial charge in [-0.2, -0.15) is 0 Å². The normalized spacial score (nSPS) is 9.71. The largest absolute Gasteiger partial charge is 0.384 e. The highest BCUT2D eigenvalue weighted by Crippen LogP contribution is 2.05. The lowest BCUT2D eigenvalue weighted by molar-refractivity contribution is -0.117. The van der Waals surface area contributed by atoms with Crippen LogP contribution in [0.4, 0.5) is 0 Å². The molecule has 0 bridgehead atoms. The van der Waals surface area contributed by atoms with Crippen LogP contribution in [0.15, 0.2) is 24.3 Å². The van der Waals surface area contributed by atoms with E-state index >= 15 is 0 Å². The second-order valence-electron chi connectivity index (χ2n) is 3.08.